The number of carbonyl (C=O) groups is 2. The fourth-order valence-electron chi connectivity index (χ4n) is 5.41. The molecule has 1 N–H and O–H groups in total. The first-order valence-electron chi connectivity index (χ1n) is 13.7. The van der Waals surface area contributed by atoms with Crippen LogP contribution in [-0.2, 0) is 24.2 Å². The molecule has 1 aromatic heterocycles. The molecule has 8 nitrogen and oxygen atoms in total. The molecule has 1 saturated carbocycles. The minimum Gasteiger partial charge on any atom is -0.406 e. The van der Waals surface area contributed by atoms with Crippen molar-refractivity contribution >= 4 is 11.8 Å². The van der Waals surface area contributed by atoms with Gasteiger partial charge in [0.1, 0.15) is 11.5 Å². The largest absolute Gasteiger partial charge is 0.573 e. The number of hydrogen-bond donors (Lipinski definition) is 1. The van der Waals surface area contributed by atoms with Crippen LogP contribution in [0.5, 0.6) is 5.75 Å². The summed E-state index contributed by atoms with van der Waals surface area (Å²) in [6.07, 6.45) is -2.77. The molecule has 2 aliphatic rings. The van der Waals surface area contributed by atoms with E-state index in [0.29, 0.717) is 56.1 Å². The van der Waals surface area contributed by atoms with E-state index in [2.05, 4.69) is 20.2 Å². The van der Waals surface area contributed by atoms with E-state index >= 15 is 0 Å². The van der Waals surface area contributed by atoms with Crippen LogP contribution < -0.4 is 10.1 Å². The molecular weight excluding hydrogens is 537 g/mol. The van der Waals surface area contributed by atoms with Crippen LogP contribution in [0.2, 0.25) is 0 Å². The monoisotopic (exact) mass is 570 g/mol. The normalized spacial score (nSPS) is 18.6. The van der Waals surface area contributed by atoms with E-state index < -0.39 is 11.9 Å². The number of nitrogens with zero attached hydrogens (tertiary/aromatic N) is 3. The Bertz CT molecular complexity index is 1460. The third-order valence-corrected chi connectivity index (χ3v) is 7.36. The Kier molecular flexibility index (Phi) is 7.56. The molecule has 218 valence electrons. The number of fused-ring (bicyclic) bond motifs is 1. The second-order valence-electron chi connectivity index (χ2n) is 11.8. The Hall–Kier alpha value is -3.89. The number of urea groups is 1. The van der Waals surface area contributed by atoms with Crippen LogP contribution in [0.3, 0.4) is 0 Å². The van der Waals surface area contributed by atoms with Crippen molar-refractivity contribution < 1.29 is 32.0 Å². The van der Waals surface area contributed by atoms with E-state index in [4.69, 9.17) is 4.52 Å². The van der Waals surface area contributed by atoms with E-state index in [9.17, 15) is 22.8 Å². The zero-order valence-corrected chi connectivity index (χ0v) is 23.5. The predicted octanol–water partition coefficient (Wildman–Crippen LogP) is 6.12. The number of alkyl halides is 3. The highest BCUT2D eigenvalue weighted by atomic mass is 19.4. The highest BCUT2D eigenvalue weighted by molar-refractivity contribution is 5.85. The second kappa shape index (κ2) is 10.8. The van der Waals surface area contributed by atoms with Gasteiger partial charge in [0.05, 0.1) is 0 Å². The number of rotatable bonds is 7. The number of benzene rings is 2. The van der Waals surface area contributed by atoms with E-state index in [1.807, 2.05) is 32.9 Å². The lowest BCUT2D eigenvalue weighted by Gasteiger charge is -2.34. The standard InChI is InChI=1S/C30H33F3N4O4/c1-17-34-27(41-36-17)24-15-23(24)26(38)11-9-18-8-10-21(19-6-5-7-20(14-19)40-30(31,32)33)22-12-13-37(16-25(18)22)28(39)35-29(2,3)4/h5-8,10,14,23-24H,9,11-13,15-16H2,1-4H3,(H,35,39)/t23-,24-/m1/s1. The molecule has 2 amide bonds. The molecule has 0 radical (unpaired) electrons. The first kappa shape index (κ1) is 28.6. The minimum absolute atomic E-state index is 0.0391. The van der Waals surface area contributed by atoms with E-state index in [0.717, 1.165) is 22.3 Å². The van der Waals surface area contributed by atoms with Gasteiger partial charge in [0.15, 0.2) is 5.82 Å². The van der Waals surface area contributed by atoms with Gasteiger partial charge in [-0.25, -0.2) is 4.79 Å². The summed E-state index contributed by atoms with van der Waals surface area (Å²) in [7, 11) is 0. The number of Topliss-reactive ketones (excluding diaryl/α,β-unsaturated/α-hetero) is 1. The van der Waals surface area contributed by atoms with Crippen LogP contribution in [0, 0.1) is 12.8 Å². The van der Waals surface area contributed by atoms with Gasteiger partial charge in [0.25, 0.3) is 0 Å². The zero-order valence-electron chi connectivity index (χ0n) is 23.5. The molecule has 5 rings (SSSR count). The van der Waals surface area contributed by atoms with Crippen molar-refractivity contribution in [1.29, 1.82) is 0 Å². The SMILES string of the molecule is Cc1noc([C@@H]2C[C@H]2C(=O)CCc2ccc(-c3cccc(OC(F)(F)F)c3)c3c2CN(C(=O)NC(C)(C)C)CC3)n1. The molecule has 1 fully saturated rings. The van der Waals surface area contributed by atoms with Crippen molar-refractivity contribution in [1.82, 2.24) is 20.4 Å². The molecule has 2 heterocycles. The topological polar surface area (TPSA) is 97.6 Å². The van der Waals surface area contributed by atoms with Crippen LogP contribution in [0.15, 0.2) is 40.9 Å². The Balaban J connectivity index is 1.40. The number of nitrogens with one attached hydrogen (secondary N) is 1. The van der Waals surface area contributed by atoms with Crippen molar-refractivity contribution in [2.45, 2.75) is 77.7 Å². The second-order valence-corrected chi connectivity index (χ2v) is 11.8. The van der Waals surface area contributed by atoms with Crippen molar-refractivity contribution in [3.05, 3.63) is 64.8 Å². The molecule has 1 aliphatic heterocycles. The number of carbonyl (C=O) groups excluding carboxylic acids is 2. The quantitative estimate of drug-likeness (QED) is 0.368. The lowest BCUT2D eigenvalue weighted by molar-refractivity contribution is -0.274. The average molecular weight is 571 g/mol. The van der Waals surface area contributed by atoms with Crippen LogP contribution in [0.25, 0.3) is 11.1 Å². The highest BCUT2D eigenvalue weighted by Gasteiger charge is 2.47. The van der Waals surface area contributed by atoms with Gasteiger partial charge < -0.3 is 19.5 Å². The molecule has 0 saturated heterocycles. The summed E-state index contributed by atoms with van der Waals surface area (Å²) >= 11 is 0. The Morgan fingerprint density at radius 2 is 1.93 bits per heavy atom. The minimum atomic E-state index is -4.79. The first-order chi connectivity index (χ1) is 19.3. The molecule has 0 spiro atoms. The van der Waals surface area contributed by atoms with Gasteiger partial charge >= 0.3 is 12.4 Å². The molecule has 0 unspecified atom stereocenters. The van der Waals surface area contributed by atoms with Gasteiger partial charge in [-0.2, -0.15) is 4.98 Å². The maximum atomic E-state index is 13.0. The van der Waals surface area contributed by atoms with E-state index in [1.165, 1.54) is 18.2 Å². The first-order valence-corrected chi connectivity index (χ1v) is 13.7. The van der Waals surface area contributed by atoms with Crippen LogP contribution in [0.4, 0.5) is 18.0 Å². The maximum Gasteiger partial charge on any atom is 0.573 e. The lowest BCUT2D eigenvalue weighted by atomic mass is 9.86. The number of halogens is 3. The van der Waals surface area contributed by atoms with Gasteiger partial charge in [-0.3, -0.25) is 4.79 Å². The van der Waals surface area contributed by atoms with Crippen LogP contribution in [0.1, 0.15) is 67.9 Å². The lowest BCUT2D eigenvalue weighted by Crippen LogP contribution is -2.50. The summed E-state index contributed by atoms with van der Waals surface area (Å²) in [6.45, 7) is 8.26. The van der Waals surface area contributed by atoms with Crippen molar-refractivity contribution in [3.63, 3.8) is 0 Å². The molecule has 41 heavy (non-hydrogen) atoms. The zero-order chi connectivity index (χ0) is 29.5. The maximum absolute atomic E-state index is 13.0. The molecule has 3 aromatic rings. The fourth-order valence-corrected chi connectivity index (χ4v) is 5.41. The van der Waals surface area contributed by atoms with Gasteiger partial charge in [-0.15, -0.1) is 13.2 Å². The summed E-state index contributed by atoms with van der Waals surface area (Å²) in [5, 5.41) is 6.81. The summed E-state index contributed by atoms with van der Waals surface area (Å²) in [4.78, 5) is 32.0. The summed E-state index contributed by atoms with van der Waals surface area (Å²) < 4.78 is 48.0. The van der Waals surface area contributed by atoms with Crippen molar-refractivity contribution in [3.8, 4) is 16.9 Å². The molecule has 11 heteroatoms. The number of aromatic nitrogens is 2. The van der Waals surface area contributed by atoms with Gasteiger partial charge in [0, 0.05) is 36.9 Å². The van der Waals surface area contributed by atoms with Crippen LogP contribution in [-0.4, -0.2) is 45.3 Å². The third kappa shape index (κ3) is 6.89. The summed E-state index contributed by atoms with van der Waals surface area (Å²) in [5.74, 6) is 0.688. The van der Waals surface area contributed by atoms with Gasteiger partial charge in [0.2, 0.25) is 5.89 Å². The van der Waals surface area contributed by atoms with E-state index in [-0.39, 0.29) is 29.4 Å². The van der Waals surface area contributed by atoms with Gasteiger partial charge in [-0.05, 0) is 86.9 Å². The molecule has 2 atom stereocenters. The van der Waals surface area contributed by atoms with Gasteiger partial charge in [-0.1, -0.05) is 29.4 Å². The summed E-state index contributed by atoms with van der Waals surface area (Å²) in [6, 6.07) is 9.52. The smallest absolute Gasteiger partial charge is 0.406 e. The average Bonchev–Trinajstić information content (AvgIpc) is 3.57. The van der Waals surface area contributed by atoms with Crippen LogP contribution >= 0.6 is 0 Å². The third-order valence-electron chi connectivity index (χ3n) is 7.36. The highest BCUT2D eigenvalue weighted by Crippen LogP contribution is 2.48. The predicted molar refractivity (Wildman–Crippen MR) is 144 cm³/mol. The fraction of sp³-hybridized carbons (Fsp3) is 0.467. The Morgan fingerprint density at radius 1 is 1.15 bits per heavy atom. The number of ether oxygens (including phenoxy) is 1. The molecule has 2 aromatic carbocycles. The summed E-state index contributed by atoms with van der Waals surface area (Å²) in [5.41, 5.74) is 3.79. The molecular formula is C30H33F3N4O4. The van der Waals surface area contributed by atoms with Crippen molar-refractivity contribution in [2.24, 2.45) is 5.92 Å². The van der Waals surface area contributed by atoms with E-state index in [1.54, 1.807) is 17.9 Å². The molecule has 1 aliphatic carbocycles. The Labute approximate surface area is 236 Å². The number of aryl methyl sites for hydroxylation is 2. The number of hydrogen-bond acceptors (Lipinski definition) is 6. The Morgan fingerprint density at radius 3 is 2.61 bits per heavy atom. The number of ketones is 1. The number of amides is 2. The molecule has 0 bridgehead atoms. The van der Waals surface area contributed by atoms with Crippen molar-refractivity contribution in [2.75, 3.05) is 6.54 Å².